The second-order valence-electron chi connectivity index (χ2n) is 3.42. The highest BCUT2D eigenvalue weighted by Gasteiger charge is 2.12. The molecule has 1 saturated heterocycles. The van der Waals surface area contributed by atoms with Crippen LogP contribution in [0, 0.1) is 0 Å². The van der Waals surface area contributed by atoms with E-state index in [1.807, 2.05) is 0 Å². The van der Waals surface area contributed by atoms with Crippen LogP contribution in [0.4, 0.5) is 0 Å². The van der Waals surface area contributed by atoms with Crippen molar-refractivity contribution in [2.45, 2.75) is 42.9 Å². The van der Waals surface area contributed by atoms with Gasteiger partial charge in [-0.05, 0) is 19.3 Å². The lowest BCUT2D eigenvalue weighted by Gasteiger charge is -2.22. The lowest BCUT2D eigenvalue weighted by molar-refractivity contribution is -0.181. The average Bonchev–Trinajstić information content (AvgIpc) is 2.19. The zero-order valence-electron chi connectivity index (χ0n) is 8.14. The van der Waals surface area contributed by atoms with Crippen LogP contribution < -0.4 is 0 Å². The first-order valence-corrected chi connectivity index (χ1v) is 8.36. The van der Waals surface area contributed by atoms with Crippen molar-refractivity contribution >= 4 is 28.3 Å². The van der Waals surface area contributed by atoms with Crippen molar-refractivity contribution in [3.63, 3.8) is 0 Å². The van der Waals surface area contributed by atoms with E-state index in [9.17, 15) is 0 Å². The van der Waals surface area contributed by atoms with Crippen molar-refractivity contribution in [2.24, 2.45) is 0 Å². The lowest BCUT2D eigenvalue weighted by atomic mass is 10.2. The standard InChI is InChI=1S/C9H17O2.ClH.Mg/c1-2-3-4-6-9-10-7-5-8-11-9;;/h9H,1-8H2;1H;/q;;+1/p-1. The maximum atomic E-state index is 5.72. The third kappa shape index (κ3) is 6.13. The Morgan fingerprint density at radius 2 is 1.92 bits per heavy atom. The maximum absolute atomic E-state index is 5.72. The highest BCUT2D eigenvalue weighted by Crippen LogP contribution is 2.13. The molecule has 0 aliphatic carbocycles. The van der Waals surface area contributed by atoms with Crippen LogP contribution >= 0.6 is 9.07 Å². The molecule has 1 rings (SSSR count). The molecule has 0 spiro atoms. The largest absolute Gasteiger partial charge is 0.501 e. The number of hydrogen-bond acceptors (Lipinski definition) is 2. The summed E-state index contributed by atoms with van der Waals surface area (Å²) < 4.78 is 12.2. The number of halogens is 1. The smallest absolute Gasteiger partial charge is 0.353 e. The molecule has 0 atom stereocenters. The molecule has 0 N–H and O–H groups in total. The summed E-state index contributed by atoms with van der Waals surface area (Å²) in [5, 5.41) is 0. The number of rotatable bonds is 6. The van der Waals surface area contributed by atoms with Gasteiger partial charge in [0, 0.05) is 0 Å². The van der Waals surface area contributed by atoms with Crippen LogP contribution in [0.15, 0.2) is 0 Å². The summed E-state index contributed by atoms with van der Waals surface area (Å²) in [6.07, 6.45) is 5.99. The maximum Gasteiger partial charge on any atom is 0.501 e. The van der Waals surface area contributed by atoms with Gasteiger partial charge in [-0.1, -0.05) is 12.8 Å². The molecule has 13 heavy (non-hydrogen) atoms. The fraction of sp³-hybridized carbons (Fsp3) is 1.00. The summed E-state index contributed by atoms with van der Waals surface area (Å²) in [7, 11) is 5.72. The van der Waals surface area contributed by atoms with E-state index < -0.39 is 0 Å². The van der Waals surface area contributed by atoms with Crippen molar-refractivity contribution in [3.8, 4) is 0 Å². The third-order valence-electron chi connectivity index (χ3n) is 2.22. The summed E-state index contributed by atoms with van der Waals surface area (Å²) in [5.41, 5.74) is 0. The van der Waals surface area contributed by atoms with Gasteiger partial charge in [-0.15, -0.1) is 4.55 Å². The second-order valence-corrected chi connectivity index (χ2v) is 5.64. The predicted octanol–water partition coefficient (Wildman–Crippen LogP) is 2.59. The van der Waals surface area contributed by atoms with E-state index in [0.717, 1.165) is 26.1 Å². The Bertz CT molecular complexity index is 118. The van der Waals surface area contributed by atoms with Crippen LogP contribution in [0.5, 0.6) is 0 Å². The van der Waals surface area contributed by atoms with E-state index in [1.54, 1.807) is 0 Å². The Labute approximate surface area is 93.8 Å². The first kappa shape index (κ1) is 12.0. The molecule has 1 heterocycles. The van der Waals surface area contributed by atoms with Gasteiger partial charge >= 0.3 is 19.3 Å². The Kier molecular flexibility index (Phi) is 7.69. The second kappa shape index (κ2) is 8.30. The van der Waals surface area contributed by atoms with E-state index in [4.69, 9.17) is 18.5 Å². The molecule has 1 aliphatic heterocycles. The van der Waals surface area contributed by atoms with Crippen LogP contribution in [0.3, 0.4) is 0 Å². The fourth-order valence-electron chi connectivity index (χ4n) is 1.46. The summed E-state index contributed by atoms with van der Waals surface area (Å²) in [4.78, 5) is 0. The molecular formula is C9H17ClMgO2. The van der Waals surface area contributed by atoms with E-state index in [-0.39, 0.29) is 25.6 Å². The van der Waals surface area contributed by atoms with Gasteiger partial charge in [-0.3, -0.25) is 0 Å². The first-order chi connectivity index (χ1) is 6.43. The van der Waals surface area contributed by atoms with E-state index in [2.05, 4.69) is 0 Å². The Morgan fingerprint density at radius 1 is 1.15 bits per heavy atom. The van der Waals surface area contributed by atoms with Crippen molar-refractivity contribution in [2.75, 3.05) is 13.2 Å². The normalized spacial score (nSPS) is 18.5. The van der Waals surface area contributed by atoms with Gasteiger partial charge in [0.15, 0.2) is 6.29 Å². The number of unbranched alkanes of at least 4 members (excludes halogenated alkanes) is 2. The summed E-state index contributed by atoms with van der Waals surface area (Å²) in [6.45, 7) is 1.75. The molecule has 0 unspecified atom stereocenters. The van der Waals surface area contributed by atoms with Crippen LogP contribution in [0.1, 0.15) is 32.1 Å². The van der Waals surface area contributed by atoms with Crippen LogP contribution in [-0.4, -0.2) is 38.8 Å². The monoisotopic (exact) mass is 216 g/mol. The molecule has 1 aliphatic rings. The van der Waals surface area contributed by atoms with Crippen molar-refractivity contribution in [3.05, 3.63) is 0 Å². The van der Waals surface area contributed by atoms with Gasteiger partial charge in [0.05, 0.1) is 13.2 Å². The average molecular weight is 217 g/mol. The molecule has 1 fully saturated rings. The minimum Gasteiger partial charge on any atom is -0.353 e. The van der Waals surface area contributed by atoms with Crippen molar-refractivity contribution in [1.82, 2.24) is 0 Å². The molecule has 0 aromatic rings. The highest BCUT2D eigenvalue weighted by atomic mass is 35.5. The fourth-order valence-corrected chi connectivity index (χ4v) is 2.57. The molecule has 2 nitrogen and oxygen atoms in total. The molecule has 4 heteroatoms. The number of ether oxygens (including phenoxy) is 2. The van der Waals surface area contributed by atoms with E-state index in [0.29, 0.717) is 0 Å². The first-order valence-electron chi connectivity index (χ1n) is 5.22. The van der Waals surface area contributed by atoms with Crippen LogP contribution in [0.2, 0.25) is 4.55 Å². The topological polar surface area (TPSA) is 18.5 Å². The summed E-state index contributed by atoms with van der Waals surface area (Å²) in [5.74, 6) is 0. The SMILES string of the molecule is [Cl][Mg][CH2]CCCCC1OCCCO1. The Morgan fingerprint density at radius 3 is 2.62 bits per heavy atom. The number of hydrogen-bond donors (Lipinski definition) is 0. The van der Waals surface area contributed by atoms with Gasteiger partial charge in [0.1, 0.15) is 0 Å². The summed E-state index contributed by atoms with van der Waals surface area (Å²) in [6, 6.07) is 0. The van der Waals surface area contributed by atoms with Gasteiger partial charge < -0.3 is 18.5 Å². The van der Waals surface area contributed by atoms with Gasteiger partial charge in [0.2, 0.25) is 0 Å². The molecule has 0 aromatic heterocycles. The third-order valence-corrected chi connectivity index (χ3v) is 3.79. The lowest BCUT2D eigenvalue weighted by Crippen LogP contribution is -2.24. The Balaban J connectivity index is 1.86. The molecular weight excluding hydrogens is 200 g/mol. The molecule has 0 saturated carbocycles. The van der Waals surface area contributed by atoms with E-state index in [1.165, 1.54) is 23.8 Å². The van der Waals surface area contributed by atoms with Gasteiger partial charge in [-0.2, -0.15) is 0 Å². The van der Waals surface area contributed by atoms with Crippen LogP contribution in [0.25, 0.3) is 0 Å². The molecule has 0 radical (unpaired) electrons. The van der Waals surface area contributed by atoms with E-state index >= 15 is 0 Å². The van der Waals surface area contributed by atoms with Gasteiger partial charge in [0.25, 0.3) is 0 Å². The van der Waals surface area contributed by atoms with Crippen LogP contribution in [-0.2, 0) is 9.47 Å². The molecule has 0 bridgehead atoms. The van der Waals surface area contributed by atoms with Crippen molar-refractivity contribution < 1.29 is 9.47 Å². The predicted molar refractivity (Wildman–Crippen MR) is 55.2 cm³/mol. The summed E-state index contributed by atoms with van der Waals surface area (Å²) >= 11 is -0.227. The minimum atomic E-state index is -0.227. The molecule has 0 amide bonds. The Hall–Kier alpha value is 0.976. The zero-order chi connectivity index (χ0) is 9.36. The van der Waals surface area contributed by atoms with Crippen molar-refractivity contribution in [1.29, 1.82) is 0 Å². The quantitative estimate of drug-likeness (QED) is 0.502. The minimum absolute atomic E-state index is 0.0852. The van der Waals surface area contributed by atoms with Gasteiger partial charge in [-0.25, -0.2) is 0 Å². The zero-order valence-corrected chi connectivity index (χ0v) is 10.3. The highest BCUT2D eigenvalue weighted by molar-refractivity contribution is 6.93. The molecule has 0 aromatic carbocycles. The molecule has 74 valence electrons.